The number of carbonyl (C=O) groups excluding carboxylic acids is 2. The highest BCUT2D eigenvalue weighted by atomic mass is 127. The second-order valence-electron chi connectivity index (χ2n) is 8.96. The fourth-order valence-electron chi connectivity index (χ4n) is 3.22. The van der Waals surface area contributed by atoms with Crippen LogP contribution in [0.2, 0.25) is 10.0 Å². The van der Waals surface area contributed by atoms with Crippen LogP contribution < -0.4 is 25.0 Å². The van der Waals surface area contributed by atoms with Crippen LogP contribution in [-0.4, -0.2) is 43.4 Å². The van der Waals surface area contributed by atoms with Crippen molar-refractivity contribution in [2.75, 3.05) is 7.11 Å². The van der Waals surface area contributed by atoms with Crippen LogP contribution in [0.5, 0.6) is 17.2 Å². The average molecular weight is 664 g/mol. The number of hydrogen-bond acceptors (Lipinski definition) is 6. The number of carbonyl (C=O) groups is 2. The minimum absolute atomic E-state index is 0.00869. The molecule has 0 aliphatic rings. The van der Waals surface area contributed by atoms with Crippen molar-refractivity contribution in [3.8, 4) is 17.2 Å². The van der Waals surface area contributed by atoms with Crippen molar-refractivity contribution in [2.45, 2.75) is 59.3 Å². The Morgan fingerprint density at radius 3 is 2.32 bits per heavy atom. The normalized spacial score (nSPS) is 12.9. The van der Waals surface area contributed by atoms with Gasteiger partial charge in [-0.05, 0) is 91.6 Å². The number of nitrogens with zero attached hydrogens (tertiary/aromatic N) is 1. The van der Waals surface area contributed by atoms with Crippen LogP contribution in [-0.2, 0) is 9.59 Å². The Morgan fingerprint density at radius 1 is 1.03 bits per heavy atom. The van der Waals surface area contributed by atoms with E-state index < -0.39 is 24.0 Å². The third kappa shape index (κ3) is 9.86. The number of amides is 2. The monoisotopic (exact) mass is 663 g/mol. The van der Waals surface area contributed by atoms with Gasteiger partial charge < -0.3 is 19.5 Å². The molecule has 2 aromatic carbocycles. The molecule has 0 aliphatic carbocycles. The molecule has 0 saturated heterocycles. The first-order valence-electron chi connectivity index (χ1n) is 11.7. The first-order chi connectivity index (χ1) is 17.4. The zero-order valence-corrected chi connectivity index (χ0v) is 25.3. The topological polar surface area (TPSA) is 98.2 Å². The number of rotatable bonds is 12. The van der Waals surface area contributed by atoms with E-state index in [-0.39, 0.29) is 17.0 Å². The van der Waals surface area contributed by atoms with Crippen molar-refractivity contribution in [3.05, 3.63) is 49.5 Å². The van der Waals surface area contributed by atoms with E-state index in [0.717, 1.165) is 3.57 Å². The molecule has 0 spiro atoms. The fourth-order valence-corrected chi connectivity index (χ4v) is 4.43. The van der Waals surface area contributed by atoms with E-state index in [0.29, 0.717) is 34.3 Å². The summed E-state index contributed by atoms with van der Waals surface area (Å²) in [7, 11) is 1.56. The van der Waals surface area contributed by atoms with E-state index in [1.807, 2.05) is 33.8 Å². The van der Waals surface area contributed by atoms with Crippen LogP contribution in [0.1, 0.15) is 46.6 Å². The maximum Gasteiger partial charge on any atom is 0.262 e. The van der Waals surface area contributed by atoms with Crippen LogP contribution in [0.15, 0.2) is 35.4 Å². The SMILES string of the molecule is COc1cc(/C=N\NC(=O)[C@H](CC(C)C)NC(=O)[C@@H](C)Oc2ccc(Cl)cc2Cl)cc(I)c1OC(C)C. The van der Waals surface area contributed by atoms with Gasteiger partial charge in [0.2, 0.25) is 0 Å². The fraction of sp³-hybridized carbons (Fsp3) is 0.423. The molecule has 2 N–H and O–H groups in total. The van der Waals surface area contributed by atoms with Gasteiger partial charge in [-0.3, -0.25) is 9.59 Å². The molecule has 2 aromatic rings. The third-order valence-electron chi connectivity index (χ3n) is 4.90. The summed E-state index contributed by atoms with van der Waals surface area (Å²) < 4.78 is 17.8. The minimum atomic E-state index is -0.897. The first-order valence-corrected chi connectivity index (χ1v) is 13.5. The minimum Gasteiger partial charge on any atom is -0.493 e. The smallest absolute Gasteiger partial charge is 0.262 e. The van der Waals surface area contributed by atoms with Crippen LogP contribution in [0.25, 0.3) is 0 Å². The predicted octanol–water partition coefficient (Wildman–Crippen LogP) is 5.84. The lowest BCUT2D eigenvalue weighted by atomic mass is 10.0. The number of nitrogens with one attached hydrogen (secondary N) is 2. The summed E-state index contributed by atoms with van der Waals surface area (Å²) >= 11 is 14.2. The zero-order chi connectivity index (χ0) is 27.7. The van der Waals surface area contributed by atoms with Gasteiger partial charge in [-0.25, -0.2) is 5.43 Å². The van der Waals surface area contributed by atoms with Crippen LogP contribution in [0, 0.1) is 9.49 Å². The Kier molecular flexibility index (Phi) is 12.3. The van der Waals surface area contributed by atoms with Crippen LogP contribution in [0.4, 0.5) is 0 Å². The van der Waals surface area contributed by atoms with Gasteiger partial charge in [-0.15, -0.1) is 0 Å². The first kappa shape index (κ1) is 31.0. The quantitative estimate of drug-likeness (QED) is 0.169. The molecular weight excluding hydrogens is 632 g/mol. The van der Waals surface area contributed by atoms with E-state index in [2.05, 4.69) is 38.4 Å². The lowest BCUT2D eigenvalue weighted by Crippen LogP contribution is -2.49. The number of halogens is 3. The van der Waals surface area contributed by atoms with Crippen LogP contribution >= 0.6 is 45.8 Å². The van der Waals surface area contributed by atoms with E-state index in [1.165, 1.54) is 12.3 Å². The molecule has 0 radical (unpaired) electrons. The molecule has 2 rings (SSSR count). The third-order valence-corrected chi connectivity index (χ3v) is 6.23. The molecule has 0 aliphatic heterocycles. The molecule has 2 amide bonds. The van der Waals surface area contributed by atoms with Gasteiger partial charge in [0.25, 0.3) is 11.8 Å². The molecule has 0 bridgehead atoms. The Bertz CT molecular complexity index is 1130. The van der Waals surface area contributed by atoms with Gasteiger partial charge in [-0.2, -0.15) is 5.10 Å². The summed E-state index contributed by atoms with van der Waals surface area (Å²) in [6.45, 7) is 9.36. The summed E-state index contributed by atoms with van der Waals surface area (Å²) in [6, 6.07) is 7.54. The van der Waals surface area contributed by atoms with E-state index in [4.69, 9.17) is 37.4 Å². The molecule has 37 heavy (non-hydrogen) atoms. The molecule has 2 atom stereocenters. The molecule has 202 valence electrons. The van der Waals surface area contributed by atoms with Crippen molar-refractivity contribution in [1.29, 1.82) is 0 Å². The summed E-state index contributed by atoms with van der Waals surface area (Å²) in [5, 5.41) is 7.56. The van der Waals surface area contributed by atoms with Crippen molar-refractivity contribution in [2.24, 2.45) is 11.0 Å². The number of benzene rings is 2. The molecule has 0 unspecified atom stereocenters. The Hall–Kier alpha value is -2.24. The number of hydrazone groups is 1. The van der Waals surface area contributed by atoms with Crippen LogP contribution in [0.3, 0.4) is 0 Å². The molecule has 11 heteroatoms. The summed E-state index contributed by atoms with van der Waals surface area (Å²) in [5.74, 6) is 0.759. The van der Waals surface area contributed by atoms with Gasteiger partial charge in [0.15, 0.2) is 17.6 Å². The molecule has 0 aromatic heterocycles. The van der Waals surface area contributed by atoms with Crippen molar-refractivity contribution < 1.29 is 23.8 Å². The molecule has 0 fully saturated rings. The van der Waals surface area contributed by atoms with Gasteiger partial charge in [-0.1, -0.05) is 37.0 Å². The van der Waals surface area contributed by atoms with E-state index >= 15 is 0 Å². The summed E-state index contributed by atoms with van der Waals surface area (Å²) in [4.78, 5) is 25.7. The largest absolute Gasteiger partial charge is 0.493 e. The van der Waals surface area contributed by atoms with Crippen molar-refractivity contribution in [3.63, 3.8) is 0 Å². The summed E-state index contributed by atoms with van der Waals surface area (Å²) in [6.07, 6.45) is 1.01. The maximum atomic E-state index is 12.9. The van der Waals surface area contributed by atoms with Gasteiger partial charge >= 0.3 is 0 Å². The number of hydrogen-bond donors (Lipinski definition) is 2. The number of methoxy groups -OCH3 is 1. The van der Waals surface area contributed by atoms with Gasteiger partial charge in [0, 0.05) is 5.02 Å². The predicted molar refractivity (Wildman–Crippen MR) is 155 cm³/mol. The maximum absolute atomic E-state index is 12.9. The standard InChI is InChI=1S/C26H32Cl2IN3O5/c1-14(2)9-21(31-25(33)16(5)37-22-8-7-18(27)12-19(22)28)26(34)32-30-13-17-10-20(29)24(36-15(3)4)23(11-17)35-6/h7-8,10-16,21H,9H2,1-6H3,(H,31,33)(H,32,34)/b30-13-/t16-,21+/m1/s1. The number of ether oxygens (including phenoxy) is 3. The second kappa shape index (κ2) is 14.6. The molecular formula is C26H32Cl2IN3O5. The Labute approximate surface area is 241 Å². The molecule has 0 heterocycles. The second-order valence-corrected chi connectivity index (χ2v) is 11.0. The lowest BCUT2D eigenvalue weighted by molar-refractivity contribution is -0.132. The van der Waals surface area contributed by atoms with E-state index in [1.54, 1.807) is 32.2 Å². The molecule has 8 nitrogen and oxygen atoms in total. The highest BCUT2D eigenvalue weighted by Gasteiger charge is 2.25. The van der Waals surface area contributed by atoms with Gasteiger partial charge in [0.1, 0.15) is 11.8 Å². The van der Waals surface area contributed by atoms with E-state index in [9.17, 15) is 9.59 Å². The Balaban J connectivity index is 2.07. The molecule has 0 saturated carbocycles. The highest BCUT2D eigenvalue weighted by Crippen LogP contribution is 2.34. The highest BCUT2D eigenvalue weighted by molar-refractivity contribution is 14.1. The Morgan fingerprint density at radius 2 is 1.73 bits per heavy atom. The van der Waals surface area contributed by atoms with Gasteiger partial charge in [0.05, 0.1) is 28.0 Å². The van der Waals surface area contributed by atoms with Crippen molar-refractivity contribution >= 4 is 63.8 Å². The average Bonchev–Trinajstić information content (AvgIpc) is 2.81. The van der Waals surface area contributed by atoms with Crippen molar-refractivity contribution in [1.82, 2.24) is 10.7 Å². The lowest BCUT2D eigenvalue weighted by Gasteiger charge is -2.22. The summed E-state index contributed by atoms with van der Waals surface area (Å²) in [5.41, 5.74) is 3.23. The zero-order valence-electron chi connectivity index (χ0n) is 21.6.